The van der Waals surface area contributed by atoms with Crippen LogP contribution in [0.2, 0.25) is 0 Å². The van der Waals surface area contributed by atoms with Gasteiger partial charge in [-0.3, -0.25) is 0 Å². The van der Waals surface area contributed by atoms with Crippen LogP contribution in [-0.4, -0.2) is 34.3 Å². The summed E-state index contributed by atoms with van der Waals surface area (Å²) in [6.45, 7) is 5.52. The van der Waals surface area contributed by atoms with Crippen LogP contribution in [0, 0.1) is 6.92 Å². The minimum atomic E-state index is -0.260. The highest BCUT2D eigenvalue weighted by Crippen LogP contribution is 2.24. The Morgan fingerprint density at radius 1 is 1.47 bits per heavy atom. The van der Waals surface area contributed by atoms with Gasteiger partial charge < -0.3 is 15.7 Å². The van der Waals surface area contributed by atoms with Crippen molar-refractivity contribution >= 4 is 11.6 Å². The van der Waals surface area contributed by atoms with E-state index in [1.807, 2.05) is 13.8 Å². The van der Waals surface area contributed by atoms with E-state index in [-0.39, 0.29) is 6.10 Å². The Bertz CT molecular complexity index is 408. The number of anilines is 2. The average molecular weight is 236 g/mol. The summed E-state index contributed by atoms with van der Waals surface area (Å²) < 4.78 is 0. The molecule has 0 spiro atoms. The second-order valence-electron chi connectivity index (χ2n) is 4.57. The smallest absolute Gasteiger partial charge is 0.137 e. The van der Waals surface area contributed by atoms with Crippen molar-refractivity contribution in [3.8, 4) is 0 Å². The van der Waals surface area contributed by atoms with Crippen LogP contribution in [0.5, 0.6) is 0 Å². The number of hydrogen-bond acceptors (Lipinski definition) is 5. The van der Waals surface area contributed by atoms with Gasteiger partial charge in [0, 0.05) is 25.1 Å². The maximum absolute atomic E-state index is 9.71. The molecule has 1 aliphatic heterocycles. The van der Waals surface area contributed by atoms with Gasteiger partial charge >= 0.3 is 0 Å². The molecule has 1 aliphatic rings. The molecule has 1 aromatic heterocycles. The van der Waals surface area contributed by atoms with Crippen molar-refractivity contribution in [1.29, 1.82) is 0 Å². The molecule has 2 rings (SSSR count). The molecule has 5 nitrogen and oxygen atoms in total. The largest absolute Gasteiger partial charge is 0.391 e. The van der Waals surface area contributed by atoms with Crippen LogP contribution in [0.4, 0.5) is 11.6 Å². The van der Waals surface area contributed by atoms with Gasteiger partial charge in [0.05, 0.1) is 6.10 Å². The number of nitrogens with zero attached hydrogens (tertiary/aromatic N) is 3. The van der Waals surface area contributed by atoms with Gasteiger partial charge in [0.25, 0.3) is 0 Å². The van der Waals surface area contributed by atoms with E-state index in [0.717, 1.165) is 43.0 Å². The molecule has 2 heterocycles. The number of aromatic nitrogens is 2. The van der Waals surface area contributed by atoms with Crippen LogP contribution in [0.3, 0.4) is 0 Å². The molecule has 17 heavy (non-hydrogen) atoms. The van der Waals surface area contributed by atoms with Crippen molar-refractivity contribution in [1.82, 2.24) is 9.97 Å². The van der Waals surface area contributed by atoms with E-state index in [4.69, 9.17) is 5.73 Å². The van der Waals surface area contributed by atoms with E-state index in [1.54, 1.807) is 0 Å². The van der Waals surface area contributed by atoms with Crippen molar-refractivity contribution in [3.05, 3.63) is 11.4 Å². The zero-order valence-electron chi connectivity index (χ0n) is 10.5. The molecule has 1 saturated heterocycles. The minimum absolute atomic E-state index is 0.260. The lowest BCUT2D eigenvalue weighted by atomic mass is 10.1. The summed E-state index contributed by atoms with van der Waals surface area (Å²) in [4.78, 5) is 10.9. The third kappa shape index (κ3) is 2.49. The maximum Gasteiger partial charge on any atom is 0.137 e. The van der Waals surface area contributed by atoms with Crippen molar-refractivity contribution < 1.29 is 5.11 Å². The first-order chi connectivity index (χ1) is 8.11. The average Bonchev–Trinajstić information content (AvgIpc) is 2.32. The highest BCUT2D eigenvalue weighted by atomic mass is 16.3. The Hall–Kier alpha value is -1.36. The molecule has 0 aliphatic carbocycles. The first-order valence-electron chi connectivity index (χ1n) is 6.17. The number of rotatable bonds is 2. The van der Waals surface area contributed by atoms with Crippen LogP contribution in [0.25, 0.3) is 0 Å². The fourth-order valence-electron chi connectivity index (χ4n) is 2.18. The second kappa shape index (κ2) is 4.87. The molecule has 3 N–H and O–H groups in total. The number of aliphatic hydroxyl groups excluding tert-OH is 1. The zero-order valence-corrected chi connectivity index (χ0v) is 10.5. The molecule has 1 fully saturated rings. The standard InChI is InChI=1S/C12H20N4O/c1-3-10-14-11(13)8(2)12(15-10)16-6-4-5-9(17)7-16/h9,17H,3-7H2,1-2H3,(H2,13,14,15). The van der Waals surface area contributed by atoms with Gasteiger partial charge in [-0.15, -0.1) is 0 Å². The highest BCUT2D eigenvalue weighted by molar-refractivity contribution is 5.56. The molecule has 5 heteroatoms. The highest BCUT2D eigenvalue weighted by Gasteiger charge is 2.21. The summed E-state index contributed by atoms with van der Waals surface area (Å²) in [5, 5.41) is 9.71. The van der Waals surface area contributed by atoms with Crippen LogP contribution < -0.4 is 10.6 Å². The summed E-state index contributed by atoms with van der Waals surface area (Å²) in [7, 11) is 0. The molecule has 1 aromatic rings. The number of nitrogens with two attached hydrogens (primary N) is 1. The number of nitrogen functional groups attached to an aromatic ring is 1. The lowest BCUT2D eigenvalue weighted by Gasteiger charge is -2.32. The molecule has 1 unspecified atom stereocenters. The van der Waals surface area contributed by atoms with Crippen molar-refractivity contribution in [3.63, 3.8) is 0 Å². The Morgan fingerprint density at radius 3 is 2.88 bits per heavy atom. The molecular weight excluding hydrogens is 216 g/mol. The summed E-state index contributed by atoms with van der Waals surface area (Å²) in [6, 6.07) is 0. The molecular formula is C12H20N4O. The van der Waals surface area contributed by atoms with Gasteiger partial charge in [-0.25, -0.2) is 9.97 Å². The fourth-order valence-corrected chi connectivity index (χ4v) is 2.18. The third-order valence-electron chi connectivity index (χ3n) is 3.22. The monoisotopic (exact) mass is 236 g/mol. The lowest BCUT2D eigenvalue weighted by molar-refractivity contribution is 0.154. The summed E-state index contributed by atoms with van der Waals surface area (Å²) in [5.74, 6) is 2.20. The van der Waals surface area contributed by atoms with Gasteiger partial charge in [-0.2, -0.15) is 0 Å². The third-order valence-corrected chi connectivity index (χ3v) is 3.22. The second-order valence-corrected chi connectivity index (χ2v) is 4.57. The minimum Gasteiger partial charge on any atom is -0.391 e. The van der Waals surface area contributed by atoms with Crippen LogP contribution in [0.15, 0.2) is 0 Å². The molecule has 1 atom stereocenters. The van der Waals surface area contributed by atoms with Gasteiger partial charge in [0.2, 0.25) is 0 Å². The number of hydrogen-bond donors (Lipinski definition) is 2. The molecule has 0 aromatic carbocycles. The van der Waals surface area contributed by atoms with Crippen LogP contribution >= 0.6 is 0 Å². The van der Waals surface area contributed by atoms with E-state index in [0.29, 0.717) is 12.4 Å². The van der Waals surface area contributed by atoms with Crippen LogP contribution in [0.1, 0.15) is 31.2 Å². The number of piperidine rings is 1. The predicted molar refractivity (Wildman–Crippen MR) is 68.0 cm³/mol. The first kappa shape index (κ1) is 12.1. The van der Waals surface area contributed by atoms with Gasteiger partial charge in [-0.05, 0) is 19.8 Å². The van der Waals surface area contributed by atoms with E-state index in [2.05, 4.69) is 14.9 Å². The quantitative estimate of drug-likeness (QED) is 0.797. The predicted octanol–water partition coefficient (Wildman–Crippen LogP) is 0.891. The number of aliphatic hydroxyl groups is 1. The number of aryl methyl sites for hydroxylation is 1. The fraction of sp³-hybridized carbons (Fsp3) is 0.667. The normalized spacial score (nSPS) is 20.6. The van der Waals surface area contributed by atoms with E-state index >= 15 is 0 Å². The van der Waals surface area contributed by atoms with Crippen LogP contribution in [-0.2, 0) is 6.42 Å². The summed E-state index contributed by atoms with van der Waals surface area (Å²) >= 11 is 0. The number of β-amino-alcohol motifs (C(OH)–C–C–N with tert-alkyl or cyclic N) is 1. The molecule has 0 bridgehead atoms. The lowest BCUT2D eigenvalue weighted by Crippen LogP contribution is -2.39. The summed E-state index contributed by atoms with van der Waals surface area (Å²) in [5.41, 5.74) is 6.81. The molecule has 0 radical (unpaired) electrons. The van der Waals surface area contributed by atoms with Crippen molar-refractivity contribution in [2.75, 3.05) is 23.7 Å². The van der Waals surface area contributed by atoms with Crippen molar-refractivity contribution in [2.24, 2.45) is 0 Å². The van der Waals surface area contributed by atoms with Gasteiger partial charge in [-0.1, -0.05) is 6.92 Å². The first-order valence-corrected chi connectivity index (χ1v) is 6.17. The van der Waals surface area contributed by atoms with E-state index in [1.165, 1.54) is 0 Å². The Kier molecular flexibility index (Phi) is 3.47. The zero-order chi connectivity index (χ0) is 12.4. The Labute approximate surface area is 102 Å². The van der Waals surface area contributed by atoms with Crippen molar-refractivity contribution in [2.45, 2.75) is 39.2 Å². The van der Waals surface area contributed by atoms with Gasteiger partial charge in [0.15, 0.2) is 0 Å². The maximum atomic E-state index is 9.71. The molecule has 94 valence electrons. The van der Waals surface area contributed by atoms with E-state index in [9.17, 15) is 5.11 Å². The molecule has 0 saturated carbocycles. The Balaban J connectivity index is 2.33. The SMILES string of the molecule is CCc1nc(N)c(C)c(N2CCCC(O)C2)n1. The topological polar surface area (TPSA) is 75.3 Å². The summed E-state index contributed by atoms with van der Waals surface area (Å²) in [6.07, 6.45) is 2.38. The van der Waals surface area contributed by atoms with E-state index < -0.39 is 0 Å². The Morgan fingerprint density at radius 2 is 2.24 bits per heavy atom. The molecule has 0 amide bonds. The van der Waals surface area contributed by atoms with Gasteiger partial charge in [0.1, 0.15) is 17.5 Å².